The molecule has 5 heteroatoms. The van der Waals surface area contributed by atoms with Crippen LogP contribution in [-0.4, -0.2) is 41.5 Å². The lowest BCUT2D eigenvalue weighted by Crippen LogP contribution is -2.42. The molecule has 3 heterocycles. The number of aromatic amines is 1. The molecule has 2 bridgehead atoms. The first-order chi connectivity index (χ1) is 10.7. The zero-order valence-corrected chi connectivity index (χ0v) is 14.0. The lowest BCUT2D eigenvalue weighted by atomic mass is 9.99. The topological polar surface area (TPSA) is 48.1 Å². The summed E-state index contributed by atoms with van der Waals surface area (Å²) in [4.78, 5) is 18.0. The summed E-state index contributed by atoms with van der Waals surface area (Å²) in [6, 6.07) is 6.29. The van der Waals surface area contributed by atoms with Gasteiger partial charge < -0.3 is 10.3 Å². The van der Waals surface area contributed by atoms with Crippen molar-refractivity contribution in [1.29, 1.82) is 0 Å². The van der Waals surface area contributed by atoms with Gasteiger partial charge in [0.15, 0.2) is 0 Å². The summed E-state index contributed by atoms with van der Waals surface area (Å²) in [5.41, 5.74) is 2.38. The number of halogens is 1. The second-order valence-electron chi connectivity index (χ2n) is 6.34. The molecule has 2 aliphatic rings. The van der Waals surface area contributed by atoms with Gasteiger partial charge in [0.2, 0.25) is 5.91 Å². The number of fused-ring (bicyclic) bond motifs is 3. The quantitative estimate of drug-likeness (QED) is 0.879. The molecule has 1 amide bonds. The van der Waals surface area contributed by atoms with Crippen molar-refractivity contribution >= 4 is 32.7 Å². The Morgan fingerprint density at radius 2 is 2.18 bits per heavy atom. The third-order valence-corrected chi connectivity index (χ3v) is 5.77. The van der Waals surface area contributed by atoms with Gasteiger partial charge in [-0.25, -0.2) is 0 Å². The molecule has 0 spiro atoms. The molecular weight excluding hydrogens is 342 g/mol. The van der Waals surface area contributed by atoms with Crippen LogP contribution in [0.3, 0.4) is 0 Å². The van der Waals surface area contributed by atoms with Gasteiger partial charge in [-0.05, 0) is 56.0 Å². The van der Waals surface area contributed by atoms with Crippen molar-refractivity contribution in [3.05, 3.63) is 34.4 Å². The third kappa shape index (κ3) is 2.36. The summed E-state index contributed by atoms with van der Waals surface area (Å²) in [5.74, 6) is 0.807. The Labute approximate surface area is 138 Å². The van der Waals surface area contributed by atoms with Crippen LogP contribution < -0.4 is 5.32 Å². The van der Waals surface area contributed by atoms with Gasteiger partial charge in [-0.2, -0.15) is 0 Å². The van der Waals surface area contributed by atoms with Gasteiger partial charge in [-0.3, -0.25) is 9.69 Å². The van der Waals surface area contributed by atoms with Crippen LogP contribution in [-0.2, 0) is 11.2 Å². The minimum Gasteiger partial charge on any atom is -0.361 e. The molecule has 4 nitrogen and oxygen atoms in total. The fraction of sp³-hybridized carbons (Fsp3) is 0.471. The molecule has 1 unspecified atom stereocenters. The van der Waals surface area contributed by atoms with Crippen LogP contribution in [0, 0.1) is 5.92 Å². The number of amides is 1. The van der Waals surface area contributed by atoms with Crippen LogP contribution in [0.2, 0.25) is 0 Å². The van der Waals surface area contributed by atoms with Crippen LogP contribution in [0.15, 0.2) is 28.9 Å². The number of carbonyl (C=O) groups is 1. The maximum atomic E-state index is 12.4. The number of rotatable bonds is 4. The van der Waals surface area contributed by atoms with E-state index in [0.717, 1.165) is 29.5 Å². The Morgan fingerprint density at radius 1 is 1.36 bits per heavy atom. The molecule has 116 valence electrons. The van der Waals surface area contributed by atoms with Crippen molar-refractivity contribution in [3.8, 4) is 0 Å². The van der Waals surface area contributed by atoms with Crippen LogP contribution >= 0.6 is 15.9 Å². The van der Waals surface area contributed by atoms with Gasteiger partial charge in [0.05, 0.1) is 6.04 Å². The van der Waals surface area contributed by atoms with Crippen molar-refractivity contribution in [1.82, 2.24) is 15.2 Å². The molecule has 1 atom stereocenters. The molecule has 1 aromatic heterocycles. The van der Waals surface area contributed by atoms with Crippen molar-refractivity contribution < 1.29 is 4.79 Å². The van der Waals surface area contributed by atoms with Crippen LogP contribution in [0.25, 0.3) is 10.9 Å². The molecule has 4 rings (SSSR count). The van der Waals surface area contributed by atoms with Crippen molar-refractivity contribution in [2.45, 2.75) is 25.3 Å². The van der Waals surface area contributed by atoms with Crippen LogP contribution in [0.4, 0.5) is 0 Å². The first kappa shape index (κ1) is 14.3. The number of benzene rings is 1. The normalized spacial score (nSPS) is 26.7. The van der Waals surface area contributed by atoms with Gasteiger partial charge in [0.25, 0.3) is 0 Å². The first-order valence-electron chi connectivity index (χ1n) is 8.00. The van der Waals surface area contributed by atoms with Gasteiger partial charge in [0.1, 0.15) is 0 Å². The predicted molar refractivity (Wildman–Crippen MR) is 90.8 cm³/mol. The summed E-state index contributed by atoms with van der Waals surface area (Å²) < 4.78 is 1.10. The van der Waals surface area contributed by atoms with E-state index >= 15 is 0 Å². The fourth-order valence-corrected chi connectivity index (χ4v) is 4.64. The number of nitrogens with one attached hydrogen (secondary N) is 2. The highest BCUT2D eigenvalue weighted by Gasteiger charge is 2.43. The number of hydrogen-bond acceptors (Lipinski definition) is 2. The number of hydrogen-bond donors (Lipinski definition) is 2. The van der Waals surface area contributed by atoms with E-state index in [2.05, 4.69) is 43.3 Å². The standard InChI is InChI=1S/C17H20BrN3O/c18-13-2-1-3-14-15(13)12(10-20-14)4-7-19-17(22)16-11-5-8-21(16)9-6-11/h1-3,10-11,16,20H,4-9H2,(H,19,22). The maximum Gasteiger partial charge on any atom is 0.237 e. The monoisotopic (exact) mass is 361 g/mol. The number of piperidine rings is 1. The van der Waals surface area contributed by atoms with Crippen molar-refractivity contribution in [2.24, 2.45) is 5.92 Å². The van der Waals surface area contributed by atoms with Gasteiger partial charge in [-0.15, -0.1) is 0 Å². The molecule has 2 saturated heterocycles. The van der Waals surface area contributed by atoms with Crippen molar-refractivity contribution in [2.75, 3.05) is 19.6 Å². The molecule has 2 aliphatic heterocycles. The highest BCUT2D eigenvalue weighted by atomic mass is 79.9. The Hall–Kier alpha value is -1.33. The molecule has 0 radical (unpaired) electrons. The SMILES string of the molecule is O=C(NCCc1c[nH]c2cccc(Br)c12)C1C2CCN1CC2. The Morgan fingerprint density at radius 3 is 2.91 bits per heavy atom. The van der Waals surface area contributed by atoms with E-state index in [1.54, 1.807) is 0 Å². The third-order valence-electron chi connectivity index (χ3n) is 5.11. The summed E-state index contributed by atoms with van der Waals surface area (Å²) >= 11 is 3.61. The summed E-state index contributed by atoms with van der Waals surface area (Å²) in [7, 11) is 0. The van der Waals surface area contributed by atoms with Gasteiger partial charge >= 0.3 is 0 Å². The van der Waals surface area contributed by atoms with E-state index in [-0.39, 0.29) is 11.9 Å². The molecule has 2 fully saturated rings. The second-order valence-corrected chi connectivity index (χ2v) is 7.19. The first-order valence-corrected chi connectivity index (χ1v) is 8.79. The predicted octanol–water partition coefficient (Wildman–Crippen LogP) is 2.68. The number of H-pyrrole nitrogens is 1. The van der Waals surface area contributed by atoms with E-state index in [9.17, 15) is 4.79 Å². The van der Waals surface area contributed by atoms with E-state index in [0.29, 0.717) is 12.5 Å². The highest BCUT2D eigenvalue weighted by Crippen LogP contribution is 2.34. The molecular formula is C17H20BrN3O. The van der Waals surface area contributed by atoms with Gasteiger partial charge in [-0.1, -0.05) is 22.0 Å². The van der Waals surface area contributed by atoms with Crippen LogP contribution in [0.5, 0.6) is 0 Å². The second kappa shape index (κ2) is 5.70. The average Bonchev–Trinajstić information content (AvgIpc) is 3.21. The van der Waals surface area contributed by atoms with E-state index in [1.807, 2.05) is 12.3 Å². The average molecular weight is 362 g/mol. The largest absolute Gasteiger partial charge is 0.361 e. The molecule has 0 saturated carbocycles. The Balaban J connectivity index is 1.39. The molecule has 22 heavy (non-hydrogen) atoms. The Bertz CT molecular complexity index is 691. The highest BCUT2D eigenvalue weighted by molar-refractivity contribution is 9.10. The Kier molecular flexibility index (Phi) is 3.70. The van der Waals surface area contributed by atoms with Crippen molar-refractivity contribution in [3.63, 3.8) is 0 Å². The zero-order valence-electron chi connectivity index (χ0n) is 12.4. The van der Waals surface area contributed by atoms with E-state index in [4.69, 9.17) is 0 Å². The number of carbonyl (C=O) groups excluding carboxylic acids is 1. The minimum atomic E-state index is 0.134. The van der Waals surface area contributed by atoms with Gasteiger partial charge in [0, 0.05) is 28.1 Å². The number of aromatic nitrogens is 1. The summed E-state index contributed by atoms with van der Waals surface area (Å²) in [5, 5.41) is 4.36. The van der Waals surface area contributed by atoms with E-state index < -0.39 is 0 Å². The lowest BCUT2D eigenvalue weighted by Gasteiger charge is -2.18. The van der Waals surface area contributed by atoms with E-state index in [1.165, 1.54) is 23.8 Å². The zero-order chi connectivity index (χ0) is 15.1. The summed E-state index contributed by atoms with van der Waals surface area (Å²) in [6.07, 6.45) is 5.27. The molecule has 1 aromatic carbocycles. The maximum absolute atomic E-state index is 12.4. The fourth-order valence-electron chi connectivity index (χ4n) is 4.02. The molecule has 2 aromatic rings. The smallest absolute Gasteiger partial charge is 0.237 e. The van der Waals surface area contributed by atoms with Crippen LogP contribution in [0.1, 0.15) is 18.4 Å². The molecule has 2 N–H and O–H groups in total. The molecule has 0 aliphatic carbocycles. The lowest BCUT2D eigenvalue weighted by molar-refractivity contribution is -0.125. The minimum absolute atomic E-state index is 0.134. The number of nitrogens with zero attached hydrogens (tertiary/aromatic N) is 1. The summed E-state index contributed by atoms with van der Waals surface area (Å²) in [6.45, 7) is 2.89.